The Morgan fingerprint density at radius 1 is 1.12 bits per heavy atom. The van der Waals surface area contributed by atoms with E-state index < -0.39 is 0 Å². The van der Waals surface area contributed by atoms with E-state index in [1.165, 1.54) is 43.6 Å². The highest BCUT2D eigenvalue weighted by molar-refractivity contribution is 6.35. The Labute approximate surface area is 152 Å². The van der Waals surface area contributed by atoms with Crippen LogP contribution in [-0.4, -0.2) is 40.9 Å². The average Bonchev–Trinajstić information content (AvgIpc) is 3.17. The largest absolute Gasteiger partial charge is 0.369 e. The number of rotatable bonds is 4. The third kappa shape index (κ3) is 3.15. The zero-order chi connectivity index (χ0) is 16.5. The van der Waals surface area contributed by atoms with E-state index in [1.54, 1.807) is 6.07 Å². The molecular formula is C18H22Cl2N4. The summed E-state index contributed by atoms with van der Waals surface area (Å²) in [6.45, 7) is 4.52. The minimum Gasteiger partial charge on any atom is -0.369 e. The van der Waals surface area contributed by atoms with Crippen molar-refractivity contribution in [3.63, 3.8) is 0 Å². The molecule has 0 aliphatic carbocycles. The van der Waals surface area contributed by atoms with Crippen LogP contribution >= 0.6 is 23.2 Å². The zero-order valence-electron chi connectivity index (χ0n) is 13.7. The topological polar surface area (TPSA) is 33.1 Å². The lowest BCUT2D eigenvalue weighted by Gasteiger charge is -2.26. The van der Waals surface area contributed by atoms with Gasteiger partial charge in [-0.1, -0.05) is 29.6 Å². The van der Waals surface area contributed by atoms with Crippen molar-refractivity contribution in [3.05, 3.63) is 39.5 Å². The van der Waals surface area contributed by atoms with Gasteiger partial charge in [-0.2, -0.15) is 5.10 Å². The van der Waals surface area contributed by atoms with E-state index in [0.717, 1.165) is 37.4 Å². The Morgan fingerprint density at radius 2 is 1.96 bits per heavy atom. The number of fused-ring (bicyclic) bond motifs is 1. The van der Waals surface area contributed by atoms with Gasteiger partial charge < -0.3 is 10.2 Å². The summed E-state index contributed by atoms with van der Waals surface area (Å²) >= 11 is 12.4. The molecule has 0 atom stereocenters. The number of halogens is 2. The normalized spacial score (nSPS) is 17.8. The number of likely N-dealkylation sites (tertiary alicyclic amines) is 1. The molecule has 1 fully saturated rings. The molecule has 0 radical (unpaired) electrons. The fourth-order valence-electron chi connectivity index (χ4n) is 3.72. The molecule has 1 aromatic carbocycles. The van der Waals surface area contributed by atoms with Crippen molar-refractivity contribution < 1.29 is 0 Å². The summed E-state index contributed by atoms with van der Waals surface area (Å²) < 4.78 is 1.95. The number of nitrogens with one attached hydrogen (secondary N) is 1. The molecule has 0 bridgehead atoms. The lowest BCUT2D eigenvalue weighted by molar-refractivity contribution is 0.230. The van der Waals surface area contributed by atoms with Crippen molar-refractivity contribution in [1.82, 2.24) is 14.7 Å². The second-order valence-corrected chi connectivity index (χ2v) is 7.45. The van der Waals surface area contributed by atoms with Gasteiger partial charge in [0.2, 0.25) is 0 Å². The second kappa shape index (κ2) is 6.95. The van der Waals surface area contributed by atoms with Gasteiger partial charge in [-0.25, -0.2) is 4.68 Å². The predicted octanol–water partition coefficient (Wildman–Crippen LogP) is 4.18. The Balaban J connectivity index is 1.60. The summed E-state index contributed by atoms with van der Waals surface area (Å²) in [4.78, 5) is 2.56. The van der Waals surface area contributed by atoms with E-state index in [4.69, 9.17) is 28.3 Å². The minimum absolute atomic E-state index is 0.629. The van der Waals surface area contributed by atoms with Gasteiger partial charge in [0, 0.05) is 30.1 Å². The Kier molecular flexibility index (Phi) is 4.70. The summed E-state index contributed by atoms with van der Waals surface area (Å²) in [6.07, 6.45) is 6.07. The Bertz CT molecular complexity index is 735. The van der Waals surface area contributed by atoms with Gasteiger partial charge >= 0.3 is 0 Å². The minimum atomic E-state index is 0.629. The number of benzene rings is 1. The van der Waals surface area contributed by atoms with E-state index in [9.17, 15) is 0 Å². The molecule has 6 heteroatoms. The van der Waals surface area contributed by atoms with E-state index in [2.05, 4.69) is 10.2 Å². The van der Waals surface area contributed by atoms with Gasteiger partial charge in [-0.05, 0) is 50.6 Å². The first-order valence-electron chi connectivity index (χ1n) is 8.75. The summed E-state index contributed by atoms with van der Waals surface area (Å²) in [5.41, 5.74) is 3.43. The zero-order valence-corrected chi connectivity index (χ0v) is 15.2. The molecule has 4 nitrogen and oxygen atoms in total. The molecule has 1 aromatic heterocycles. The standard InChI is InChI=1S/C18H22Cl2N4/c19-13-4-5-17(15(20)12-13)24-18-14(6-8-21-18)16(22-24)7-11-23-9-2-1-3-10-23/h4-5,12,21H,1-3,6-11H2. The quantitative estimate of drug-likeness (QED) is 0.883. The molecule has 0 unspecified atom stereocenters. The van der Waals surface area contributed by atoms with E-state index in [-0.39, 0.29) is 0 Å². The first-order valence-corrected chi connectivity index (χ1v) is 9.50. The van der Waals surface area contributed by atoms with Crippen LogP contribution in [0.5, 0.6) is 0 Å². The van der Waals surface area contributed by atoms with Crippen molar-refractivity contribution in [2.24, 2.45) is 0 Å². The predicted molar refractivity (Wildman–Crippen MR) is 99.8 cm³/mol. The van der Waals surface area contributed by atoms with Gasteiger partial charge in [0.1, 0.15) is 5.82 Å². The van der Waals surface area contributed by atoms with Gasteiger partial charge in [0.25, 0.3) is 0 Å². The molecule has 1 N–H and O–H groups in total. The van der Waals surface area contributed by atoms with Gasteiger partial charge in [0.05, 0.1) is 16.4 Å². The SMILES string of the molecule is Clc1ccc(-n2nc(CCN3CCCCC3)c3c2NCC3)c(Cl)c1. The number of anilines is 1. The van der Waals surface area contributed by atoms with Crippen molar-refractivity contribution >= 4 is 29.0 Å². The molecule has 2 aromatic rings. The summed E-state index contributed by atoms with van der Waals surface area (Å²) in [6, 6.07) is 5.57. The average molecular weight is 365 g/mol. The first-order chi connectivity index (χ1) is 11.7. The number of nitrogens with zero attached hydrogens (tertiary/aromatic N) is 3. The maximum Gasteiger partial charge on any atom is 0.133 e. The summed E-state index contributed by atoms with van der Waals surface area (Å²) in [5, 5.41) is 9.61. The maximum absolute atomic E-state index is 6.39. The van der Waals surface area contributed by atoms with Gasteiger partial charge in [-0.15, -0.1) is 0 Å². The fourth-order valence-corrected chi connectivity index (χ4v) is 4.21. The first kappa shape index (κ1) is 16.2. The van der Waals surface area contributed by atoms with E-state index in [0.29, 0.717) is 10.0 Å². The van der Waals surface area contributed by atoms with Crippen LogP contribution in [0.4, 0.5) is 5.82 Å². The number of piperidine rings is 1. The van der Waals surface area contributed by atoms with Crippen molar-refractivity contribution in [3.8, 4) is 5.69 Å². The Morgan fingerprint density at radius 3 is 2.75 bits per heavy atom. The summed E-state index contributed by atoms with van der Waals surface area (Å²) in [5.74, 6) is 1.09. The molecule has 4 rings (SSSR count). The van der Waals surface area contributed by atoms with Crippen LogP contribution < -0.4 is 5.32 Å². The lowest BCUT2D eigenvalue weighted by atomic mass is 10.1. The number of aromatic nitrogens is 2. The monoisotopic (exact) mass is 364 g/mol. The van der Waals surface area contributed by atoms with Crippen molar-refractivity contribution in [2.45, 2.75) is 32.1 Å². The van der Waals surface area contributed by atoms with E-state index >= 15 is 0 Å². The smallest absolute Gasteiger partial charge is 0.133 e. The lowest BCUT2D eigenvalue weighted by Crippen LogP contribution is -2.31. The van der Waals surface area contributed by atoms with Crippen molar-refractivity contribution in [1.29, 1.82) is 0 Å². The molecule has 1 saturated heterocycles. The summed E-state index contributed by atoms with van der Waals surface area (Å²) in [7, 11) is 0. The molecule has 24 heavy (non-hydrogen) atoms. The van der Waals surface area contributed by atoms with Crippen LogP contribution in [0.2, 0.25) is 10.0 Å². The van der Waals surface area contributed by atoms with Crippen LogP contribution in [0.25, 0.3) is 5.69 Å². The molecule has 2 aliphatic heterocycles. The third-order valence-electron chi connectivity index (χ3n) is 4.99. The second-order valence-electron chi connectivity index (χ2n) is 6.61. The third-order valence-corrected chi connectivity index (χ3v) is 5.52. The van der Waals surface area contributed by atoms with E-state index in [1.807, 2.05) is 16.8 Å². The van der Waals surface area contributed by atoms with Gasteiger partial charge in [-0.3, -0.25) is 0 Å². The molecule has 128 valence electrons. The number of hydrogen-bond acceptors (Lipinski definition) is 3. The van der Waals surface area contributed by atoms with Gasteiger partial charge in [0.15, 0.2) is 0 Å². The van der Waals surface area contributed by atoms with Crippen molar-refractivity contribution in [2.75, 3.05) is 31.5 Å². The highest BCUT2D eigenvalue weighted by Crippen LogP contribution is 2.32. The molecule has 0 saturated carbocycles. The molecule has 0 amide bonds. The molecular weight excluding hydrogens is 343 g/mol. The highest BCUT2D eigenvalue weighted by atomic mass is 35.5. The number of hydrogen-bond donors (Lipinski definition) is 1. The molecule has 0 spiro atoms. The molecule has 2 aliphatic rings. The molecule has 3 heterocycles. The Hall–Kier alpha value is -1.23. The highest BCUT2D eigenvalue weighted by Gasteiger charge is 2.24. The van der Waals surface area contributed by atoms with Crippen LogP contribution in [0.1, 0.15) is 30.5 Å². The van der Waals surface area contributed by atoms with Crippen LogP contribution in [0, 0.1) is 0 Å². The maximum atomic E-state index is 6.39. The van der Waals surface area contributed by atoms with Crippen LogP contribution in [-0.2, 0) is 12.8 Å². The van der Waals surface area contributed by atoms with Crippen LogP contribution in [0.3, 0.4) is 0 Å². The fraction of sp³-hybridized carbons (Fsp3) is 0.500. The van der Waals surface area contributed by atoms with Crippen LogP contribution in [0.15, 0.2) is 18.2 Å².